The van der Waals surface area contributed by atoms with Gasteiger partial charge in [-0.05, 0) is 58.8 Å². The molecule has 0 spiro atoms. The molecule has 1 aliphatic carbocycles. The van der Waals surface area contributed by atoms with Crippen molar-refractivity contribution in [2.45, 2.75) is 98.4 Å². The Morgan fingerprint density at radius 1 is 1.03 bits per heavy atom. The van der Waals surface area contributed by atoms with Crippen LogP contribution in [0.5, 0.6) is 0 Å². The van der Waals surface area contributed by atoms with Gasteiger partial charge in [0.1, 0.15) is 5.60 Å². The van der Waals surface area contributed by atoms with Gasteiger partial charge in [-0.2, -0.15) is 0 Å². The maximum atomic E-state index is 12.6. The first-order chi connectivity index (χ1) is 15.6. The molecule has 1 unspecified atom stereocenters. The fraction of sp³-hybridized carbons (Fsp3) is 0.880. The van der Waals surface area contributed by atoms with Crippen LogP contribution < -0.4 is 5.73 Å². The number of hydrogen-bond donors (Lipinski definition) is 2. The molecule has 2 rings (SSSR count). The minimum Gasteiger partial charge on any atom is -0.444 e. The topological polar surface area (TPSA) is 122 Å². The number of amides is 3. The number of aliphatic hydroxyl groups excluding tert-OH is 1. The van der Waals surface area contributed by atoms with Gasteiger partial charge in [0.25, 0.3) is 0 Å². The van der Waals surface area contributed by atoms with E-state index in [1.807, 2.05) is 27.7 Å². The predicted molar refractivity (Wildman–Crippen MR) is 131 cm³/mol. The van der Waals surface area contributed by atoms with Crippen LogP contribution in [0.15, 0.2) is 0 Å². The minimum atomic E-state index is -0.510. The summed E-state index contributed by atoms with van der Waals surface area (Å²) in [7, 11) is 0. The van der Waals surface area contributed by atoms with Crippen molar-refractivity contribution in [3.05, 3.63) is 0 Å². The molecule has 1 atom stereocenters. The number of piperazine rings is 1. The number of nitrogens with two attached hydrogens (primary N) is 1. The van der Waals surface area contributed by atoms with E-state index in [4.69, 9.17) is 15.2 Å². The van der Waals surface area contributed by atoms with Gasteiger partial charge in [-0.1, -0.05) is 20.8 Å². The van der Waals surface area contributed by atoms with E-state index >= 15 is 0 Å². The molecular formula is C25H47N3O6. The average Bonchev–Trinajstić information content (AvgIpc) is 2.74. The Bertz CT molecular complexity index is 660. The number of rotatable bonds is 6. The average molecular weight is 486 g/mol. The Kier molecular flexibility index (Phi) is 11.8. The van der Waals surface area contributed by atoms with Gasteiger partial charge < -0.3 is 30.1 Å². The summed E-state index contributed by atoms with van der Waals surface area (Å²) in [5.74, 6) is -0.180. The van der Waals surface area contributed by atoms with E-state index in [9.17, 15) is 19.5 Å². The number of carbonyl (C=O) groups is 3. The van der Waals surface area contributed by atoms with Gasteiger partial charge in [0.2, 0.25) is 11.8 Å². The lowest BCUT2D eigenvalue weighted by Crippen LogP contribution is -2.52. The summed E-state index contributed by atoms with van der Waals surface area (Å²) in [6.45, 7) is 15.9. The number of carbonyl (C=O) groups excluding carboxylic acids is 3. The highest BCUT2D eigenvalue weighted by atomic mass is 16.6. The maximum Gasteiger partial charge on any atom is 0.410 e. The van der Waals surface area contributed by atoms with Crippen LogP contribution in [-0.4, -0.2) is 83.4 Å². The summed E-state index contributed by atoms with van der Waals surface area (Å²) in [6, 6.07) is 0. The van der Waals surface area contributed by atoms with Crippen molar-refractivity contribution in [3.63, 3.8) is 0 Å². The van der Waals surface area contributed by atoms with Crippen molar-refractivity contribution in [2.24, 2.45) is 17.1 Å². The van der Waals surface area contributed by atoms with Crippen molar-refractivity contribution in [1.82, 2.24) is 9.80 Å². The first-order valence-corrected chi connectivity index (χ1v) is 12.5. The van der Waals surface area contributed by atoms with Crippen molar-refractivity contribution >= 4 is 17.9 Å². The van der Waals surface area contributed by atoms with E-state index < -0.39 is 5.60 Å². The predicted octanol–water partition coefficient (Wildman–Crippen LogP) is 2.93. The van der Waals surface area contributed by atoms with Crippen LogP contribution in [0, 0.1) is 11.3 Å². The third kappa shape index (κ3) is 11.5. The fourth-order valence-corrected chi connectivity index (χ4v) is 3.69. The number of hydrogen-bond acceptors (Lipinski definition) is 6. The number of nitrogens with zero attached hydrogens (tertiary/aromatic N) is 2. The van der Waals surface area contributed by atoms with Crippen molar-refractivity contribution < 1.29 is 29.0 Å². The lowest BCUT2D eigenvalue weighted by Gasteiger charge is -2.37. The molecule has 1 saturated heterocycles. The Morgan fingerprint density at radius 2 is 1.50 bits per heavy atom. The molecule has 0 bridgehead atoms. The molecular weight excluding hydrogens is 438 g/mol. The number of ether oxygens (including phenoxy) is 2. The normalized spacial score (nSPS) is 24.2. The molecule has 3 N–H and O–H groups in total. The van der Waals surface area contributed by atoms with Gasteiger partial charge >= 0.3 is 6.09 Å². The van der Waals surface area contributed by atoms with Crippen molar-refractivity contribution in [3.8, 4) is 0 Å². The van der Waals surface area contributed by atoms with Crippen LogP contribution >= 0.6 is 0 Å². The van der Waals surface area contributed by atoms with E-state index in [1.165, 1.54) is 0 Å². The van der Waals surface area contributed by atoms with Crippen molar-refractivity contribution in [2.75, 3.05) is 32.8 Å². The van der Waals surface area contributed by atoms with Gasteiger partial charge in [-0.15, -0.1) is 0 Å². The fourth-order valence-electron chi connectivity index (χ4n) is 3.69. The molecule has 9 heteroatoms. The molecule has 0 aromatic carbocycles. The first kappa shape index (κ1) is 30.2. The van der Waals surface area contributed by atoms with Crippen LogP contribution in [0.3, 0.4) is 0 Å². The van der Waals surface area contributed by atoms with E-state index in [0.29, 0.717) is 39.2 Å². The molecule has 198 valence electrons. The monoisotopic (exact) mass is 485 g/mol. The van der Waals surface area contributed by atoms with Crippen molar-refractivity contribution in [1.29, 1.82) is 0 Å². The number of aliphatic hydroxyl groups is 1. The minimum absolute atomic E-state index is 0.00926. The SMILES string of the molecule is CC(C)C(N)=O.CC(CC(=O)N1CCN(C(=O)OC(C)(C)C)CC1)OCC1(C)CCC(O)CC1. The Hall–Kier alpha value is -1.87. The summed E-state index contributed by atoms with van der Waals surface area (Å²) >= 11 is 0. The van der Waals surface area contributed by atoms with Gasteiger partial charge in [0.15, 0.2) is 0 Å². The lowest BCUT2D eigenvalue weighted by atomic mass is 9.75. The summed E-state index contributed by atoms with van der Waals surface area (Å²) in [6.07, 6.45) is 3.30. The van der Waals surface area contributed by atoms with Crippen LogP contribution in [0.25, 0.3) is 0 Å². The van der Waals surface area contributed by atoms with E-state index in [0.717, 1.165) is 25.7 Å². The summed E-state index contributed by atoms with van der Waals surface area (Å²) in [5, 5.41) is 9.67. The highest BCUT2D eigenvalue weighted by molar-refractivity contribution is 5.77. The third-order valence-corrected chi connectivity index (χ3v) is 6.19. The van der Waals surface area contributed by atoms with Crippen LogP contribution in [0.4, 0.5) is 4.79 Å². The second-order valence-electron chi connectivity index (χ2n) is 11.3. The summed E-state index contributed by atoms with van der Waals surface area (Å²) in [5.41, 5.74) is 4.38. The second-order valence-corrected chi connectivity index (χ2v) is 11.3. The van der Waals surface area contributed by atoms with Crippen LogP contribution in [0.1, 0.15) is 80.6 Å². The third-order valence-electron chi connectivity index (χ3n) is 6.19. The molecule has 9 nitrogen and oxygen atoms in total. The molecule has 0 radical (unpaired) electrons. The molecule has 1 saturated carbocycles. The van der Waals surface area contributed by atoms with Gasteiger partial charge in [-0.25, -0.2) is 4.79 Å². The standard InChI is InChI=1S/C21H38N2O5.C4H9NO/c1-16(27-15-21(5)8-6-17(24)7-9-21)14-18(25)22-10-12-23(13-11-22)19(26)28-20(2,3)4;1-3(2)4(5)6/h16-17,24H,6-15H2,1-5H3;3H,1-2H3,(H2,5,6). The summed E-state index contributed by atoms with van der Waals surface area (Å²) < 4.78 is 11.4. The molecule has 34 heavy (non-hydrogen) atoms. The lowest BCUT2D eigenvalue weighted by molar-refractivity contribution is -0.136. The number of primary amides is 1. The second kappa shape index (κ2) is 13.3. The molecule has 0 aromatic heterocycles. The molecule has 1 aliphatic heterocycles. The maximum absolute atomic E-state index is 12.6. The largest absolute Gasteiger partial charge is 0.444 e. The highest BCUT2D eigenvalue weighted by Crippen LogP contribution is 2.36. The first-order valence-electron chi connectivity index (χ1n) is 12.5. The molecule has 3 amide bonds. The Morgan fingerprint density at radius 3 is 1.94 bits per heavy atom. The Balaban J connectivity index is 0.000000852. The zero-order valence-electron chi connectivity index (χ0n) is 22.3. The molecule has 1 heterocycles. The summed E-state index contributed by atoms with van der Waals surface area (Å²) in [4.78, 5) is 38.1. The van der Waals surface area contributed by atoms with E-state index in [1.54, 1.807) is 23.6 Å². The van der Waals surface area contributed by atoms with Gasteiger partial charge in [0, 0.05) is 32.1 Å². The smallest absolute Gasteiger partial charge is 0.410 e. The zero-order valence-corrected chi connectivity index (χ0v) is 22.3. The molecule has 2 fully saturated rings. The van der Waals surface area contributed by atoms with Gasteiger partial charge in [0.05, 0.1) is 25.2 Å². The quantitative estimate of drug-likeness (QED) is 0.596. The van der Waals surface area contributed by atoms with E-state index in [-0.39, 0.29) is 41.4 Å². The van der Waals surface area contributed by atoms with E-state index in [2.05, 4.69) is 6.92 Å². The molecule has 0 aromatic rings. The Labute approximate surface area is 205 Å². The van der Waals surface area contributed by atoms with Crippen LogP contribution in [-0.2, 0) is 19.1 Å². The van der Waals surface area contributed by atoms with Gasteiger partial charge in [-0.3, -0.25) is 9.59 Å². The zero-order chi connectivity index (χ0) is 26.1. The molecule has 2 aliphatic rings. The van der Waals surface area contributed by atoms with Crippen LogP contribution in [0.2, 0.25) is 0 Å². The highest BCUT2D eigenvalue weighted by Gasteiger charge is 2.32.